The summed E-state index contributed by atoms with van der Waals surface area (Å²) in [4.78, 5) is 12.7. The van der Waals surface area contributed by atoms with Gasteiger partial charge < -0.3 is 15.2 Å². The molecule has 1 aromatic heterocycles. The quantitative estimate of drug-likeness (QED) is 0.515. The minimum atomic E-state index is -0.689. The van der Waals surface area contributed by atoms with Crippen LogP contribution in [0.25, 0.3) is 0 Å². The minimum Gasteiger partial charge on any atom is -0.503 e. The predicted octanol–water partition coefficient (Wildman–Crippen LogP) is 1.35. The standard InChI is InChI=1S/C5H3ClN2O3/c6-3-1-5(8(10)11)7-2-4(3)9/h1-2,9H. The molecular formula is C5H3ClN2O3. The third-order valence-corrected chi connectivity index (χ3v) is 1.31. The number of aromatic hydroxyl groups is 1. The van der Waals surface area contributed by atoms with Crippen molar-refractivity contribution in [2.24, 2.45) is 0 Å². The number of aromatic nitrogens is 1. The van der Waals surface area contributed by atoms with Crippen molar-refractivity contribution >= 4 is 17.4 Å². The summed E-state index contributed by atoms with van der Waals surface area (Å²) in [6, 6.07) is 0.983. The van der Waals surface area contributed by atoms with E-state index in [1.54, 1.807) is 0 Å². The molecule has 5 nitrogen and oxygen atoms in total. The molecule has 0 radical (unpaired) electrons. The van der Waals surface area contributed by atoms with Gasteiger partial charge in [-0.15, -0.1) is 0 Å². The van der Waals surface area contributed by atoms with Crippen LogP contribution in [0.1, 0.15) is 0 Å². The molecule has 1 N–H and O–H groups in total. The maximum atomic E-state index is 10.1. The molecule has 11 heavy (non-hydrogen) atoms. The molecule has 0 saturated carbocycles. The highest BCUT2D eigenvalue weighted by Gasteiger charge is 2.09. The highest BCUT2D eigenvalue weighted by Crippen LogP contribution is 2.24. The summed E-state index contributed by atoms with van der Waals surface area (Å²) in [5, 5.41) is 18.8. The van der Waals surface area contributed by atoms with E-state index >= 15 is 0 Å². The molecule has 0 bridgehead atoms. The van der Waals surface area contributed by atoms with Crippen LogP contribution in [0, 0.1) is 10.1 Å². The fourth-order valence-electron chi connectivity index (χ4n) is 0.513. The molecular weight excluding hydrogens is 172 g/mol. The first kappa shape index (κ1) is 7.74. The second-order valence-electron chi connectivity index (χ2n) is 1.75. The topological polar surface area (TPSA) is 76.3 Å². The first-order valence-corrected chi connectivity index (χ1v) is 2.98. The van der Waals surface area contributed by atoms with Gasteiger partial charge in [-0.2, -0.15) is 0 Å². The summed E-state index contributed by atoms with van der Waals surface area (Å²) in [5.74, 6) is -0.648. The largest absolute Gasteiger partial charge is 0.503 e. The van der Waals surface area contributed by atoms with E-state index in [2.05, 4.69) is 4.98 Å². The van der Waals surface area contributed by atoms with Gasteiger partial charge in [-0.1, -0.05) is 11.6 Å². The van der Waals surface area contributed by atoms with E-state index in [0.29, 0.717) is 0 Å². The highest BCUT2D eigenvalue weighted by molar-refractivity contribution is 6.32. The second kappa shape index (κ2) is 2.71. The zero-order valence-corrected chi connectivity index (χ0v) is 5.95. The zero-order valence-electron chi connectivity index (χ0n) is 5.19. The smallest absolute Gasteiger partial charge is 0.365 e. The third-order valence-electron chi connectivity index (χ3n) is 1.01. The van der Waals surface area contributed by atoms with E-state index in [4.69, 9.17) is 16.7 Å². The Balaban J connectivity index is 3.15. The average molecular weight is 175 g/mol. The van der Waals surface area contributed by atoms with E-state index in [1.807, 2.05) is 0 Å². The monoisotopic (exact) mass is 174 g/mol. The lowest BCUT2D eigenvalue weighted by molar-refractivity contribution is -0.389. The van der Waals surface area contributed by atoms with Gasteiger partial charge in [0.25, 0.3) is 0 Å². The van der Waals surface area contributed by atoms with Crippen LogP contribution < -0.4 is 0 Å². The van der Waals surface area contributed by atoms with Gasteiger partial charge in [-0.3, -0.25) is 0 Å². The number of halogens is 1. The Morgan fingerprint density at radius 1 is 1.73 bits per heavy atom. The Bertz CT molecular complexity index is 302. The van der Waals surface area contributed by atoms with Crippen molar-refractivity contribution in [3.63, 3.8) is 0 Å². The van der Waals surface area contributed by atoms with Crippen LogP contribution in [0.5, 0.6) is 5.75 Å². The average Bonchev–Trinajstić information content (AvgIpc) is 1.94. The van der Waals surface area contributed by atoms with E-state index in [0.717, 1.165) is 12.3 Å². The number of nitrogens with zero attached hydrogens (tertiary/aromatic N) is 2. The van der Waals surface area contributed by atoms with Crippen molar-refractivity contribution in [3.8, 4) is 5.75 Å². The summed E-state index contributed by atoms with van der Waals surface area (Å²) in [6.07, 6.45) is 0.931. The number of hydrogen-bond acceptors (Lipinski definition) is 4. The molecule has 1 heterocycles. The Hall–Kier alpha value is -1.36. The van der Waals surface area contributed by atoms with Gasteiger partial charge in [-0.25, -0.2) is 0 Å². The molecule has 0 atom stereocenters. The Labute approximate surface area is 66.4 Å². The lowest BCUT2D eigenvalue weighted by Crippen LogP contribution is -1.90. The van der Waals surface area contributed by atoms with Gasteiger partial charge in [0.1, 0.15) is 0 Å². The van der Waals surface area contributed by atoms with Crippen molar-refractivity contribution < 1.29 is 10.0 Å². The fraction of sp³-hybridized carbons (Fsp3) is 0. The van der Waals surface area contributed by atoms with E-state index in [-0.39, 0.29) is 16.6 Å². The molecule has 0 unspecified atom stereocenters. The molecule has 0 amide bonds. The van der Waals surface area contributed by atoms with Crippen molar-refractivity contribution in [1.82, 2.24) is 4.98 Å². The van der Waals surface area contributed by atoms with Crippen LogP contribution >= 0.6 is 11.6 Å². The summed E-state index contributed by atoms with van der Waals surface area (Å²) >= 11 is 5.36. The molecule has 1 aromatic rings. The molecule has 1 rings (SSSR count). The van der Waals surface area contributed by atoms with Crippen molar-refractivity contribution in [2.75, 3.05) is 0 Å². The molecule has 58 valence electrons. The summed E-state index contributed by atoms with van der Waals surface area (Å²) in [6.45, 7) is 0. The van der Waals surface area contributed by atoms with E-state index in [1.165, 1.54) is 0 Å². The molecule has 0 fully saturated rings. The van der Waals surface area contributed by atoms with E-state index in [9.17, 15) is 10.1 Å². The first-order valence-electron chi connectivity index (χ1n) is 2.60. The van der Waals surface area contributed by atoms with Crippen molar-refractivity contribution in [3.05, 3.63) is 27.4 Å². The molecule has 0 spiro atoms. The van der Waals surface area contributed by atoms with Gasteiger partial charge >= 0.3 is 5.82 Å². The summed E-state index contributed by atoms with van der Waals surface area (Å²) < 4.78 is 0. The Morgan fingerprint density at radius 3 is 2.82 bits per heavy atom. The van der Waals surface area contributed by atoms with Crippen LogP contribution in [-0.4, -0.2) is 15.0 Å². The van der Waals surface area contributed by atoms with Crippen molar-refractivity contribution in [1.29, 1.82) is 0 Å². The number of pyridine rings is 1. The highest BCUT2D eigenvalue weighted by atomic mass is 35.5. The van der Waals surface area contributed by atoms with Gasteiger partial charge in [0.2, 0.25) is 0 Å². The molecule has 0 aliphatic rings. The molecule has 0 aliphatic carbocycles. The lowest BCUT2D eigenvalue weighted by Gasteiger charge is -1.92. The van der Waals surface area contributed by atoms with Crippen LogP contribution in [-0.2, 0) is 0 Å². The first-order chi connectivity index (χ1) is 5.11. The lowest BCUT2D eigenvalue weighted by atomic mass is 10.4. The third kappa shape index (κ3) is 1.56. The van der Waals surface area contributed by atoms with Crippen LogP contribution in [0.4, 0.5) is 5.82 Å². The van der Waals surface area contributed by atoms with Crippen LogP contribution in [0.2, 0.25) is 5.02 Å². The number of nitro groups is 1. The predicted molar refractivity (Wildman–Crippen MR) is 37.6 cm³/mol. The molecule has 0 aromatic carbocycles. The number of rotatable bonds is 1. The fourth-order valence-corrected chi connectivity index (χ4v) is 0.660. The maximum absolute atomic E-state index is 10.1. The second-order valence-corrected chi connectivity index (χ2v) is 2.16. The van der Waals surface area contributed by atoms with Gasteiger partial charge in [0, 0.05) is 0 Å². The normalized spacial score (nSPS) is 9.55. The molecule has 6 heteroatoms. The van der Waals surface area contributed by atoms with Crippen LogP contribution in [0.15, 0.2) is 12.3 Å². The van der Waals surface area contributed by atoms with Gasteiger partial charge in [-0.05, 0) is 9.91 Å². The minimum absolute atomic E-state index is 0.0771. The Morgan fingerprint density at radius 2 is 2.36 bits per heavy atom. The van der Waals surface area contributed by atoms with Gasteiger partial charge in [0.15, 0.2) is 11.9 Å². The maximum Gasteiger partial charge on any atom is 0.365 e. The molecule has 0 saturated heterocycles. The number of hydrogen-bond donors (Lipinski definition) is 1. The summed E-state index contributed by atoms with van der Waals surface area (Å²) in [5.41, 5.74) is 0. The van der Waals surface area contributed by atoms with E-state index < -0.39 is 4.92 Å². The summed E-state index contributed by atoms with van der Waals surface area (Å²) in [7, 11) is 0. The van der Waals surface area contributed by atoms with Gasteiger partial charge in [0.05, 0.1) is 11.1 Å². The van der Waals surface area contributed by atoms with Crippen LogP contribution in [0.3, 0.4) is 0 Å². The SMILES string of the molecule is O=[N+]([O-])c1cc(Cl)c(O)cn1. The zero-order chi connectivity index (χ0) is 8.43. The molecule has 0 aliphatic heterocycles. The van der Waals surface area contributed by atoms with Crippen molar-refractivity contribution in [2.45, 2.75) is 0 Å². The Kier molecular flexibility index (Phi) is 1.91.